The Labute approximate surface area is 160 Å². The first kappa shape index (κ1) is 20.0. The van der Waals surface area contributed by atoms with Crippen LogP contribution in [-0.2, 0) is 10.0 Å². The Balaban J connectivity index is 1.71. The highest BCUT2D eigenvalue weighted by Gasteiger charge is 2.46. The fourth-order valence-electron chi connectivity index (χ4n) is 2.99. The Morgan fingerprint density at radius 3 is 2.36 bits per heavy atom. The first-order valence-electron chi connectivity index (χ1n) is 8.46. The molecule has 3 rings (SSSR count). The standard InChI is InChI=1S/C18H18F3N3O3S/c19-18(20,21)28(26,27)23-16-9-5-4-8-15(16)17(25)22-13-10-11-24(12-13)14-6-2-1-3-7-14/h1-9,13,23H,10-12H2,(H,22,25). The molecule has 1 aliphatic heterocycles. The molecular weight excluding hydrogens is 395 g/mol. The minimum absolute atomic E-state index is 0.173. The molecule has 1 aliphatic rings. The number of carbonyl (C=O) groups is 1. The van der Waals surface area contributed by atoms with Gasteiger partial charge in [-0.25, -0.2) is 0 Å². The van der Waals surface area contributed by atoms with Crippen molar-refractivity contribution in [2.75, 3.05) is 22.7 Å². The highest BCUT2D eigenvalue weighted by Crippen LogP contribution is 2.27. The monoisotopic (exact) mass is 413 g/mol. The van der Waals surface area contributed by atoms with Gasteiger partial charge in [-0.05, 0) is 30.7 Å². The van der Waals surface area contributed by atoms with Crippen molar-refractivity contribution in [1.29, 1.82) is 0 Å². The summed E-state index contributed by atoms with van der Waals surface area (Å²) in [5.41, 5.74) is -5.06. The van der Waals surface area contributed by atoms with Gasteiger partial charge in [-0.2, -0.15) is 21.6 Å². The molecular formula is C18H18F3N3O3S. The summed E-state index contributed by atoms with van der Waals surface area (Å²) in [4.78, 5) is 14.6. The molecule has 0 radical (unpaired) electrons. The van der Waals surface area contributed by atoms with Gasteiger partial charge in [-0.15, -0.1) is 0 Å². The normalized spacial score (nSPS) is 17.4. The maximum absolute atomic E-state index is 12.6. The van der Waals surface area contributed by atoms with E-state index in [1.807, 2.05) is 30.3 Å². The van der Waals surface area contributed by atoms with E-state index in [-0.39, 0.29) is 11.6 Å². The smallest absolute Gasteiger partial charge is 0.369 e. The zero-order valence-electron chi connectivity index (χ0n) is 14.6. The summed E-state index contributed by atoms with van der Waals surface area (Å²) in [6.45, 7) is 1.27. The minimum atomic E-state index is -5.62. The molecule has 2 N–H and O–H groups in total. The summed E-state index contributed by atoms with van der Waals surface area (Å²) in [5.74, 6) is -0.639. The van der Waals surface area contributed by atoms with Gasteiger partial charge in [0.25, 0.3) is 5.91 Å². The second-order valence-corrected chi connectivity index (χ2v) is 8.01. The Morgan fingerprint density at radius 1 is 1.04 bits per heavy atom. The van der Waals surface area contributed by atoms with Crippen molar-refractivity contribution < 1.29 is 26.4 Å². The van der Waals surface area contributed by atoms with Gasteiger partial charge in [0.2, 0.25) is 0 Å². The van der Waals surface area contributed by atoms with Crippen molar-refractivity contribution in [1.82, 2.24) is 5.32 Å². The van der Waals surface area contributed by atoms with Crippen LogP contribution in [-0.4, -0.2) is 39.0 Å². The Kier molecular flexibility index (Phi) is 5.50. The van der Waals surface area contributed by atoms with Crippen molar-refractivity contribution in [3.8, 4) is 0 Å². The maximum atomic E-state index is 12.6. The zero-order valence-corrected chi connectivity index (χ0v) is 15.4. The second kappa shape index (κ2) is 7.70. The SMILES string of the molecule is O=C(NC1CCN(c2ccccc2)C1)c1ccccc1NS(=O)(=O)C(F)(F)F. The fraction of sp³-hybridized carbons (Fsp3) is 0.278. The number of anilines is 2. The van der Waals surface area contributed by atoms with E-state index in [4.69, 9.17) is 0 Å². The lowest BCUT2D eigenvalue weighted by molar-refractivity contribution is -0.0429. The second-order valence-electron chi connectivity index (χ2n) is 6.34. The van der Waals surface area contributed by atoms with E-state index in [9.17, 15) is 26.4 Å². The maximum Gasteiger partial charge on any atom is 0.516 e. The van der Waals surface area contributed by atoms with Crippen LogP contribution in [0.1, 0.15) is 16.8 Å². The molecule has 2 aromatic carbocycles. The average Bonchev–Trinajstić information content (AvgIpc) is 3.10. The van der Waals surface area contributed by atoms with E-state index in [0.29, 0.717) is 13.0 Å². The molecule has 0 aliphatic carbocycles. The number of nitrogens with zero attached hydrogens (tertiary/aromatic N) is 1. The molecule has 1 unspecified atom stereocenters. The molecule has 150 valence electrons. The van der Waals surface area contributed by atoms with Crippen LogP contribution >= 0.6 is 0 Å². The van der Waals surface area contributed by atoms with E-state index in [0.717, 1.165) is 18.3 Å². The van der Waals surface area contributed by atoms with E-state index in [1.54, 1.807) is 0 Å². The minimum Gasteiger partial charge on any atom is -0.369 e. The predicted molar refractivity (Wildman–Crippen MR) is 99.6 cm³/mol. The summed E-state index contributed by atoms with van der Waals surface area (Å²) in [6, 6.07) is 14.6. The van der Waals surface area contributed by atoms with Crippen LogP contribution in [0.5, 0.6) is 0 Å². The lowest BCUT2D eigenvalue weighted by Crippen LogP contribution is -2.38. The quantitative estimate of drug-likeness (QED) is 0.790. The van der Waals surface area contributed by atoms with Crippen LogP contribution in [0.15, 0.2) is 54.6 Å². The summed E-state index contributed by atoms with van der Waals surface area (Å²) >= 11 is 0. The molecule has 2 aromatic rings. The van der Waals surface area contributed by atoms with Gasteiger partial charge < -0.3 is 10.2 Å². The molecule has 6 nitrogen and oxygen atoms in total. The molecule has 0 bridgehead atoms. The molecule has 28 heavy (non-hydrogen) atoms. The third-order valence-corrected chi connectivity index (χ3v) is 5.46. The number of nitrogens with one attached hydrogen (secondary N) is 2. The van der Waals surface area contributed by atoms with E-state index < -0.39 is 27.1 Å². The zero-order chi connectivity index (χ0) is 20.4. The number of carbonyl (C=O) groups excluding carboxylic acids is 1. The van der Waals surface area contributed by atoms with Gasteiger partial charge in [-0.3, -0.25) is 9.52 Å². The predicted octanol–water partition coefficient (Wildman–Crippen LogP) is 2.96. The fourth-order valence-corrected chi connectivity index (χ4v) is 3.57. The van der Waals surface area contributed by atoms with Gasteiger partial charge in [-0.1, -0.05) is 30.3 Å². The number of halogens is 3. The highest BCUT2D eigenvalue weighted by atomic mass is 32.2. The molecule has 1 amide bonds. The van der Waals surface area contributed by atoms with Crippen molar-refractivity contribution in [3.05, 3.63) is 60.2 Å². The first-order chi connectivity index (χ1) is 13.2. The van der Waals surface area contributed by atoms with Crippen LogP contribution < -0.4 is 14.9 Å². The third kappa shape index (κ3) is 4.38. The number of alkyl halides is 3. The number of benzene rings is 2. The van der Waals surface area contributed by atoms with Crippen LogP contribution in [0.25, 0.3) is 0 Å². The van der Waals surface area contributed by atoms with Crippen LogP contribution in [0.3, 0.4) is 0 Å². The summed E-state index contributed by atoms with van der Waals surface area (Å²) in [7, 11) is -5.62. The molecule has 0 saturated carbocycles. The summed E-state index contributed by atoms with van der Waals surface area (Å²) in [6.07, 6.45) is 0.664. The lowest BCUT2D eigenvalue weighted by atomic mass is 10.1. The molecule has 1 saturated heterocycles. The number of sulfonamides is 1. The number of rotatable bonds is 5. The molecule has 0 spiro atoms. The first-order valence-corrected chi connectivity index (χ1v) is 9.95. The van der Waals surface area contributed by atoms with Gasteiger partial charge in [0.1, 0.15) is 0 Å². The van der Waals surface area contributed by atoms with Crippen molar-refractivity contribution in [2.45, 2.75) is 18.0 Å². The van der Waals surface area contributed by atoms with Gasteiger partial charge >= 0.3 is 15.5 Å². The van der Waals surface area contributed by atoms with Crippen LogP contribution in [0, 0.1) is 0 Å². The number of para-hydroxylation sites is 2. The Morgan fingerprint density at radius 2 is 1.68 bits per heavy atom. The largest absolute Gasteiger partial charge is 0.516 e. The molecule has 10 heteroatoms. The van der Waals surface area contributed by atoms with Crippen LogP contribution in [0.4, 0.5) is 24.5 Å². The Hall–Kier alpha value is -2.75. The van der Waals surface area contributed by atoms with Gasteiger partial charge in [0.05, 0.1) is 11.3 Å². The number of hydrogen-bond acceptors (Lipinski definition) is 4. The molecule has 1 fully saturated rings. The van der Waals surface area contributed by atoms with E-state index >= 15 is 0 Å². The van der Waals surface area contributed by atoms with Crippen molar-refractivity contribution in [2.24, 2.45) is 0 Å². The average molecular weight is 413 g/mol. The number of hydrogen-bond donors (Lipinski definition) is 2. The molecule has 0 aromatic heterocycles. The molecule has 1 heterocycles. The third-order valence-electron chi connectivity index (χ3n) is 4.37. The Bertz CT molecular complexity index is 949. The molecule has 1 atom stereocenters. The summed E-state index contributed by atoms with van der Waals surface area (Å²) in [5, 5.41) is 2.76. The number of amides is 1. The van der Waals surface area contributed by atoms with E-state index in [2.05, 4.69) is 10.2 Å². The topological polar surface area (TPSA) is 78.5 Å². The lowest BCUT2D eigenvalue weighted by Gasteiger charge is -2.19. The van der Waals surface area contributed by atoms with Gasteiger partial charge in [0, 0.05) is 24.8 Å². The summed E-state index contributed by atoms with van der Waals surface area (Å²) < 4.78 is 62.1. The van der Waals surface area contributed by atoms with Crippen molar-refractivity contribution >= 4 is 27.3 Å². The van der Waals surface area contributed by atoms with Gasteiger partial charge in [0.15, 0.2) is 0 Å². The van der Waals surface area contributed by atoms with Crippen LogP contribution in [0.2, 0.25) is 0 Å². The highest BCUT2D eigenvalue weighted by molar-refractivity contribution is 7.93. The van der Waals surface area contributed by atoms with E-state index in [1.165, 1.54) is 22.9 Å². The van der Waals surface area contributed by atoms with Crippen molar-refractivity contribution in [3.63, 3.8) is 0 Å².